The fraction of sp³-hybridized carbons (Fsp3) is 0.417. The maximum atomic E-state index is 11.5. The Balaban J connectivity index is 3.00. The van der Waals surface area contributed by atoms with Crippen LogP contribution in [0.3, 0.4) is 0 Å². The SMILES string of the molecule is Cc1cc(C)c(OC(=O)C(C)C)c(Br)c1. The molecule has 0 spiro atoms. The van der Waals surface area contributed by atoms with E-state index in [9.17, 15) is 4.79 Å². The Morgan fingerprint density at radius 3 is 2.40 bits per heavy atom. The molecule has 0 saturated carbocycles. The summed E-state index contributed by atoms with van der Waals surface area (Å²) in [5.41, 5.74) is 2.11. The number of carbonyl (C=O) groups is 1. The minimum Gasteiger partial charge on any atom is -0.425 e. The number of rotatable bonds is 2. The Kier molecular flexibility index (Phi) is 3.91. The second kappa shape index (κ2) is 4.79. The molecule has 0 bridgehead atoms. The topological polar surface area (TPSA) is 26.3 Å². The first-order chi connectivity index (χ1) is 6.91. The molecule has 3 heteroatoms. The van der Waals surface area contributed by atoms with Crippen LogP contribution in [0.2, 0.25) is 0 Å². The first-order valence-corrected chi connectivity index (χ1v) is 5.69. The molecule has 0 radical (unpaired) electrons. The van der Waals surface area contributed by atoms with Crippen molar-refractivity contribution in [1.29, 1.82) is 0 Å². The Bertz CT molecular complexity index is 360. The van der Waals surface area contributed by atoms with Crippen molar-refractivity contribution in [2.24, 2.45) is 5.92 Å². The van der Waals surface area contributed by atoms with Crippen LogP contribution in [0.1, 0.15) is 25.0 Å². The van der Waals surface area contributed by atoms with Gasteiger partial charge in [-0.2, -0.15) is 0 Å². The molecular weight excluding hydrogens is 256 g/mol. The van der Waals surface area contributed by atoms with E-state index < -0.39 is 0 Å². The van der Waals surface area contributed by atoms with Crippen LogP contribution in [0.5, 0.6) is 5.75 Å². The lowest BCUT2D eigenvalue weighted by atomic mass is 10.1. The van der Waals surface area contributed by atoms with E-state index in [2.05, 4.69) is 15.9 Å². The fourth-order valence-corrected chi connectivity index (χ4v) is 2.00. The van der Waals surface area contributed by atoms with E-state index in [0.717, 1.165) is 15.6 Å². The van der Waals surface area contributed by atoms with Gasteiger partial charge < -0.3 is 4.74 Å². The van der Waals surface area contributed by atoms with Gasteiger partial charge in [0.15, 0.2) is 0 Å². The van der Waals surface area contributed by atoms with Gasteiger partial charge >= 0.3 is 5.97 Å². The van der Waals surface area contributed by atoms with Crippen molar-refractivity contribution >= 4 is 21.9 Å². The zero-order valence-corrected chi connectivity index (χ0v) is 11.0. The third-order valence-corrected chi connectivity index (χ3v) is 2.64. The van der Waals surface area contributed by atoms with E-state index in [0.29, 0.717) is 5.75 Å². The molecular formula is C12H15BrO2. The van der Waals surface area contributed by atoms with Gasteiger partial charge in [-0.05, 0) is 47.0 Å². The highest BCUT2D eigenvalue weighted by molar-refractivity contribution is 9.10. The third-order valence-electron chi connectivity index (χ3n) is 2.05. The zero-order valence-electron chi connectivity index (χ0n) is 9.43. The van der Waals surface area contributed by atoms with Gasteiger partial charge in [0.05, 0.1) is 10.4 Å². The molecule has 0 atom stereocenters. The normalized spacial score (nSPS) is 10.5. The number of esters is 1. The largest absolute Gasteiger partial charge is 0.425 e. The molecule has 1 aromatic rings. The van der Waals surface area contributed by atoms with Crippen LogP contribution in [0.4, 0.5) is 0 Å². The monoisotopic (exact) mass is 270 g/mol. The summed E-state index contributed by atoms with van der Waals surface area (Å²) in [5.74, 6) is 0.305. The summed E-state index contributed by atoms with van der Waals surface area (Å²) in [6.45, 7) is 7.58. The molecule has 82 valence electrons. The van der Waals surface area contributed by atoms with E-state index in [-0.39, 0.29) is 11.9 Å². The minimum atomic E-state index is -0.206. The third kappa shape index (κ3) is 3.06. The first-order valence-electron chi connectivity index (χ1n) is 4.90. The van der Waals surface area contributed by atoms with E-state index in [4.69, 9.17) is 4.74 Å². The molecule has 0 aliphatic carbocycles. The predicted octanol–water partition coefficient (Wildman–Crippen LogP) is 3.63. The second-order valence-electron chi connectivity index (χ2n) is 3.97. The highest BCUT2D eigenvalue weighted by atomic mass is 79.9. The van der Waals surface area contributed by atoms with Gasteiger partial charge in [0.1, 0.15) is 5.75 Å². The van der Waals surface area contributed by atoms with Crippen molar-refractivity contribution in [3.05, 3.63) is 27.7 Å². The van der Waals surface area contributed by atoms with Gasteiger partial charge in [-0.25, -0.2) is 0 Å². The van der Waals surface area contributed by atoms with Crippen LogP contribution in [0.15, 0.2) is 16.6 Å². The summed E-state index contributed by atoms with van der Waals surface area (Å²) < 4.78 is 6.13. The van der Waals surface area contributed by atoms with Crippen molar-refractivity contribution in [3.63, 3.8) is 0 Å². The second-order valence-corrected chi connectivity index (χ2v) is 4.82. The van der Waals surface area contributed by atoms with E-state index in [1.54, 1.807) is 0 Å². The van der Waals surface area contributed by atoms with Crippen molar-refractivity contribution < 1.29 is 9.53 Å². The summed E-state index contributed by atoms with van der Waals surface area (Å²) in [4.78, 5) is 11.5. The van der Waals surface area contributed by atoms with Crippen molar-refractivity contribution in [3.8, 4) is 5.75 Å². The van der Waals surface area contributed by atoms with E-state index in [1.807, 2.05) is 39.8 Å². The molecule has 0 aliphatic rings. The number of ether oxygens (including phenoxy) is 1. The molecule has 0 aliphatic heterocycles. The molecule has 0 heterocycles. The summed E-state index contributed by atoms with van der Waals surface area (Å²) in [6.07, 6.45) is 0. The summed E-state index contributed by atoms with van der Waals surface area (Å²) in [7, 11) is 0. The lowest BCUT2D eigenvalue weighted by Gasteiger charge is -2.11. The molecule has 0 saturated heterocycles. The fourth-order valence-electron chi connectivity index (χ4n) is 1.25. The molecule has 0 N–H and O–H groups in total. The molecule has 15 heavy (non-hydrogen) atoms. The van der Waals surface area contributed by atoms with Crippen LogP contribution in [0.25, 0.3) is 0 Å². The number of aryl methyl sites for hydroxylation is 2. The van der Waals surface area contributed by atoms with Gasteiger partial charge in [-0.1, -0.05) is 19.9 Å². The molecule has 2 nitrogen and oxygen atoms in total. The van der Waals surface area contributed by atoms with E-state index >= 15 is 0 Å². The van der Waals surface area contributed by atoms with E-state index in [1.165, 1.54) is 0 Å². The lowest BCUT2D eigenvalue weighted by molar-refractivity contribution is -0.137. The van der Waals surface area contributed by atoms with Crippen LogP contribution in [-0.4, -0.2) is 5.97 Å². The Morgan fingerprint density at radius 2 is 1.93 bits per heavy atom. The summed E-state index contributed by atoms with van der Waals surface area (Å²) in [6, 6.07) is 3.93. The number of hydrogen-bond donors (Lipinski definition) is 0. The van der Waals surface area contributed by atoms with Gasteiger partial charge in [0.25, 0.3) is 0 Å². The summed E-state index contributed by atoms with van der Waals surface area (Å²) >= 11 is 3.40. The highest BCUT2D eigenvalue weighted by Crippen LogP contribution is 2.30. The van der Waals surface area contributed by atoms with Gasteiger partial charge in [-0.15, -0.1) is 0 Å². The maximum absolute atomic E-state index is 11.5. The lowest BCUT2D eigenvalue weighted by Crippen LogP contribution is -2.15. The molecule has 0 aromatic heterocycles. The van der Waals surface area contributed by atoms with Crippen LogP contribution >= 0.6 is 15.9 Å². The maximum Gasteiger partial charge on any atom is 0.313 e. The summed E-state index contributed by atoms with van der Waals surface area (Å²) in [5, 5.41) is 0. The van der Waals surface area contributed by atoms with Gasteiger partial charge in [0.2, 0.25) is 0 Å². The Hall–Kier alpha value is -0.830. The van der Waals surface area contributed by atoms with Crippen LogP contribution in [0, 0.1) is 19.8 Å². The number of halogens is 1. The van der Waals surface area contributed by atoms with Gasteiger partial charge in [-0.3, -0.25) is 4.79 Å². The van der Waals surface area contributed by atoms with Crippen LogP contribution in [-0.2, 0) is 4.79 Å². The standard InChI is InChI=1S/C12H15BrO2/c1-7(2)12(14)15-11-9(4)5-8(3)6-10(11)13/h5-7H,1-4H3. The first kappa shape index (κ1) is 12.2. The Labute approximate surface area is 98.8 Å². The van der Waals surface area contributed by atoms with Crippen molar-refractivity contribution in [2.45, 2.75) is 27.7 Å². The van der Waals surface area contributed by atoms with Crippen molar-refractivity contribution in [2.75, 3.05) is 0 Å². The average Bonchev–Trinajstić information content (AvgIpc) is 2.10. The number of carbonyl (C=O) groups excluding carboxylic acids is 1. The van der Waals surface area contributed by atoms with Gasteiger partial charge in [0, 0.05) is 0 Å². The molecule has 1 aromatic carbocycles. The molecule has 0 unspecified atom stereocenters. The minimum absolute atomic E-state index is 0.113. The zero-order chi connectivity index (χ0) is 11.6. The smallest absolute Gasteiger partial charge is 0.313 e. The average molecular weight is 271 g/mol. The number of hydrogen-bond acceptors (Lipinski definition) is 2. The molecule has 0 amide bonds. The number of benzene rings is 1. The highest BCUT2D eigenvalue weighted by Gasteiger charge is 2.14. The van der Waals surface area contributed by atoms with Crippen molar-refractivity contribution in [1.82, 2.24) is 0 Å². The Morgan fingerprint density at radius 1 is 1.33 bits per heavy atom. The quantitative estimate of drug-likeness (QED) is 0.606. The predicted molar refractivity (Wildman–Crippen MR) is 64.1 cm³/mol. The van der Waals surface area contributed by atoms with Crippen LogP contribution < -0.4 is 4.74 Å². The molecule has 1 rings (SSSR count). The molecule has 0 fully saturated rings.